The highest BCUT2D eigenvalue weighted by Crippen LogP contribution is 2.16. The second-order valence-corrected chi connectivity index (χ2v) is 4.56. The third-order valence-corrected chi connectivity index (χ3v) is 2.74. The van der Waals surface area contributed by atoms with E-state index in [1.165, 1.54) is 19.1 Å². The number of ether oxygens (including phenoxy) is 1. The molecule has 0 spiro atoms. The first-order valence-electron chi connectivity index (χ1n) is 6.39. The van der Waals surface area contributed by atoms with Crippen molar-refractivity contribution in [1.29, 1.82) is 0 Å². The summed E-state index contributed by atoms with van der Waals surface area (Å²) in [6.45, 7) is -1.52. The lowest BCUT2D eigenvalue weighted by Gasteiger charge is -2.17. The van der Waals surface area contributed by atoms with Crippen LogP contribution in [0, 0.1) is 0 Å². The normalized spacial score (nSPS) is 12.0. The van der Waals surface area contributed by atoms with Gasteiger partial charge in [0.25, 0.3) is 0 Å². The highest BCUT2D eigenvalue weighted by atomic mass is 19.3. The molecule has 0 saturated heterocycles. The lowest BCUT2D eigenvalue weighted by molar-refractivity contribution is -0.137. The van der Waals surface area contributed by atoms with Crippen molar-refractivity contribution in [3.63, 3.8) is 0 Å². The van der Waals surface area contributed by atoms with Gasteiger partial charge in [-0.2, -0.15) is 8.78 Å². The van der Waals surface area contributed by atoms with Crippen LogP contribution in [0.25, 0.3) is 0 Å². The predicted molar refractivity (Wildman–Crippen MR) is 71.3 cm³/mol. The molecule has 1 rings (SSSR count). The first-order valence-corrected chi connectivity index (χ1v) is 6.39. The molecular formula is C14H17F2NO4. The predicted octanol–water partition coefficient (Wildman–Crippen LogP) is 2.20. The van der Waals surface area contributed by atoms with Crippen LogP contribution in [-0.2, 0) is 16.0 Å². The molecule has 5 nitrogen and oxygen atoms in total. The molecule has 116 valence electrons. The van der Waals surface area contributed by atoms with E-state index in [0.29, 0.717) is 12.8 Å². The molecule has 1 amide bonds. The first-order chi connectivity index (χ1) is 9.86. The zero-order valence-electron chi connectivity index (χ0n) is 11.5. The minimum atomic E-state index is -2.88. The third-order valence-electron chi connectivity index (χ3n) is 2.74. The average Bonchev–Trinajstić information content (AvgIpc) is 2.37. The number of carboxylic acids is 1. The van der Waals surface area contributed by atoms with Crippen LogP contribution in [0.4, 0.5) is 8.78 Å². The number of carbonyl (C=O) groups excluding carboxylic acids is 1. The lowest BCUT2D eigenvalue weighted by atomic mass is 10.0. The van der Waals surface area contributed by atoms with Crippen molar-refractivity contribution < 1.29 is 28.2 Å². The Morgan fingerprint density at radius 1 is 1.29 bits per heavy atom. The third kappa shape index (κ3) is 7.24. The molecule has 1 unspecified atom stereocenters. The van der Waals surface area contributed by atoms with Crippen molar-refractivity contribution in [2.45, 2.75) is 38.8 Å². The number of halogens is 2. The largest absolute Gasteiger partial charge is 0.481 e. The molecule has 1 aromatic carbocycles. The molecule has 1 aromatic rings. The summed E-state index contributed by atoms with van der Waals surface area (Å²) in [5.74, 6) is -1.13. The Balaban J connectivity index is 2.64. The van der Waals surface area contributed by atoms with Crippen LogP contribution in [0.5, 0.6) is 5.75 Å². The van der Waals surface area contributed by atoms with E-state index < -0.39 is 12.6 Å². The molecule has 7 heteroatoms. The quantitative estimate of drug-likeness (QED) is 0.772. The van der Waals surface area contributed by atoms with Gasteiger partial charge < -0.3 is 15.2 Å². The van der Waals surface area contributed by atoms with Crippen LogP contribution < -0.4 is 10.1 Å². The Hall–Kier alpha value is -2.18. The van der Waals surface area contributed by atoms with Crippen LogP contribution in [0.2, 0.25) is 0 Å². The number of hydrogen-bond donors (Lipinski definition) is 2. The van der Waals surface area contributed by atoms with Crippen LogP contribution in [0.3, 0.4) is 0 Å². The average molecular weight is 301 g/mol. The summed E-state index contributed by atoms with van der Waals surface area (Å²) in [6, 6.07) is 5.70. The van der Waals surface area contributed by atoms with Crippen LogP contribution >= 0.6 is 0 Å². The van der Waals surface area contributed by atoms with Gasteiger partial charge in [0, 0.05) is 19.4 Å². The second kappa shape index (κ2) is 8.18. The number of alkyl halides is 2. The lowest BCUT2D eigenvalue weighted by Crippen LogP contribution is -2.35. The fourth-order valence-electron chi connectivity index (χ4n) is 1.90. The van der Waals surface area contributed by atoms with Crippen LogP contribution in [0.15, 0.2) is 24.3 Å². The van der Waals surface area contributed by atoms with Crippen LogP contribution in [-0.4, -0.2) is 29.6 Å². The van der Waals surface area contributed by atoms with Gasteiger partial charge in [-0.1, -0.05) is 12.1 Å². The highest BCUT2D eigenvalue weighted by molar-refractivity contribution is 5.73. The van der Waals surface area contributed by atoms with E-state index in [2.05, 4.69) is 10.1 Å². The van der Waals surface area contributed by atoms with Gasteiger partial charge in [0.15, 0.2) is 0 Å². The summed E-state index contributed by atoms with van der Waals surface area (Å²) < 4.78 is 28.3. The molecule has 0 radical (unpaired) electrons. The monoisotopic (exact) mass is 301 g/mol. The Morgan fingerprint density at radius 3 is 2.38 bits per heavy atom. The molecule has 0 bridgehead atoms. The number of rotatable bonds is 8. The number of benzene rings is 1. The SMILES string of the molecule is CC(=O)NC(CCC(=O)O)Cc1ccc(OC(F)F)cc1. The number of amides is 1. The van der Waals surface area contributed by atoms with Gasteiger partial charge in [0.1, 0.15) is 5.75 Å². The minimum Gasteiger partial charge on any atom is -0.481 e. The van der Waals surface area contributed by atoms with E-state index in [9.17, 15) is 18.4 Å². The molecule has 0 aliphatic carbocycles. The molecule has 0 fully saturated rings. The minimum absolute atomic E-state index is 0.0513. The standard InChI is InChI=1S/C14H17F2NO4/c1-9(18)17-11(4-7-13(19)20)8-10-2-5-12(6-3-10)21-14(15)16/h2-3,5-6,11,14H,4,7-8H2,1H3,(H,17,18)(H,19,20). The maximum Gasteiger partial charge on any atom is 0.387 e. The van der Waals surface area contributed by atoms with Gasteiger partial charge in [-0.3, -0.25) is 9.59 Å². The van der Waals surface area contributed by atoms with Gasteiger partial charge in [-0.25, -0.2) is 0 Å². The van der Waals surface area contributed by atoms with Crippen molar-refractivity contribution in [2.75, 3.05) is 0 Å². The summed E-state index contributed by atoms with van der Waals surface area (Å²) in [6.07, 6.45) is 0.656. The molecule has 21 heavy (non-hydrogen) atoms. The zero-order valence-corrected chi connectivity index (χ0v) is 11.5. The highest BCUT2D eigenvalue weighted by Gasteiger charge is 2.13. The fourth-order valence-corrected chi connectivity index (χ4v) is 1.90. The summed E-state index contributed by atoms with van der Waals surface area (Å²) in [7, 11) is 0. The van der Waals surface area contributed by atoms with Gasteiger partial charge in [-0.15, -0.1) is 0 Å². The summed E-state index contributed by atoms with van der Waals surface area (Å²) >= 11 is 0. The molecular weight excluding hydrogens is 284 g/mol. The van der Waals surface area contributed by atoms with Crippen molar-refractivity contribution in [3.05, 3.63) is 29.8 Å². The number of nitrogens with one attached hydrogen (secondary N) is 1. The van der Waals surface area contributed by atoms with E-state index in [4.69, 9.17) is 5.11 Å². The molecule has 0 aromatic heterocycles. The Kier molecular flexibility index (Phi) is 6.58. The fraction of sp³-hybridized carbons (Fsp3) is 0.429. The summed E-state index contributed by atoms with van der Waals surface area (Å²) in [5.41, 5.74) is 0.792. The van der Waals surface area contributed by atoms with Crippen molar-refractivity contribution in [3.8, 4) is 5.75 Å². The van der Waals surface area contributed by atoms with Gasteiger partial charge >= 0.3 is 12.6 Å². The molecule has 0 saturated carbocycles. The molecule has 0 heterocycles. The molecule has 0 aliphatic heterocycles. The first kappa shape index (κ1) is 16.9. The van der Waals surface area contributed by atoms with Crippen molar-refractivity contribution in [2.24, 2.45) is 0 Å². The maximum atomic E-state index is 12.0. The number of carbonyl (C=O) groups is 2. The van der Waals surface area contributed by atoms with Gasteiger partial charge in [0.2, 0.25) is 5.91 Å². The van der Waals surface area contributed by atoms with Crippen LogP contribution in [0.1, 0.15) is 25.3 Å². The Labute approximate surface area is 120 Å². The topological polar surface area (TPSA) is 75.6 Å². The Bertz CT molecular complexity index is 476. The number of carboxylic acid groups (broad SMARTS) is 1. The van der Waals surface area contributed by atoms with Crippen molar-refractivity contribution in [1.82, 2.24) is 5.32 Å². The number of hydrogen-bond acceptors (Lipinski definition) is 3. The maximum absolute atomic E-state index is 12.0. The molecule has 0 aliphatic rings. The second-order valence-electron chi connectivity index (χ2n) is 4.56. The summed E-state index contributed by atoms with van der Waals surface area (Å²) in [5, 5.41) is 11.4. The summed E-state index contributed by atoms with van der Waals surface area (Å²) in [4.78, 5) is 21.7. The molecule has 2 N–H and O–H groups in total. The van der Waals surface area contributed by atoms with Gasteiger partial charge in [0.05, 0.1) is 0 Å². The van der Waals surface area contributed by atoms with Crippen molar-refractivity contribution >= 4 is 11.9 Å². The Morgan fingerprint density at radius 2 is 1.90 bits per heavy atom. The zero-order chi connectivity index (χ0) is 15.8. The van der Waals surface area contributed by atoms with E-state index in [1.807, 2.05) is 0 Å². The van der Waals surface area contributed by atoms with E-state index in [1.54, 1.807) is 12.1 Å². The molecule has 1 atom stereocenters. The smallest absolute Gasteiger partial charge is 0.387 e. The van der Waals surface area contributed by atoms with E-state index in [0.717, 1.165) is 5.56 Å². The van der Waals surface area contributed by atoms with E-state index in [-0.39, 0.29) is 24.1 Å². The number of aliphatic carboxylic acids is 1. The van der Waals surface area contributed by atoms with Gasteiger partial charge in [-0.05, 0) is 30.5 Å². The van der Waals surface area contributed by atoms with E-state index >= 15 is 0 Å².